The first-order valence-corrected chi connectivity index (χ1v) is 4.75. The molecular weight excluding hydrogens is 150 g/mol. The van der Waals surface area contributed by atoms with Crippen LogP contribution in [0.1, 0.15) is 39.5 Å². The summed E-state index contributed by atoms with van der Waals surface area (Å²) in [6.45, 7) is 4.19. The van der Waals surface area contributed by atoms with Gasteiger partial charge in [0.05, 0.1) is 0 Å². The molecule has 0 heterocycles. The summed E-state index contributed by atoms with van der Waals surface area (Å²) in [5.41, 5.74) is 5.53. The zero-order chi connectivity index (χ0) is 9.14. The van der Waals surface area contributed by atoms with Crippen molar-refractivity contribution in [2.24, 2.45) is 5.73 Å². The summed E-state index contributed by atoms with van der Waals surface area (Å²) in [7, 11) is 0. The predicted octanol–water partition coefficient (Wildman–Crippen LogP) is 1.53. The Balaban J connectivity index is 2.58. The molecule has 0 aliphatic heterocycles. The summed E-state index contributed by atoms with van der Waals surface area (Å²) < 4.78 is 0. The smallest absolute Gasteiger partial charge is 0.188 e. The summed E-state index contributed by atoms with van der Waals surface area (Å²) in [5.74, 6) is 0.233. The van der Waals surface area contributed by atoms with Gasteiger partial charge in [0.1, 0.15) is 0 Å². The van der Waals surface area contributed by atoms with Crippen molar-refractivity contribution in [1.29, 1.82) is 5.41 Å². The van der Waals surface area contributed by atoms with Crippen LogP contribution in [0.3, 0.4) is 0 Å². The quantitative estimate of drug-likeness (QED) is 0.486. The van der Waals surface area contributed by atoms with E-state index in [0.717, 1.165) is 0 Å². The summed E-state index contributed by atoms with van der Waals surface area (Å²) in [5, 5.41) is 7.45. The van der Waals surface area contributed by atoms with Gasteiger partial charge in [0, 0.05) is 12.1 Å². The van der Waals surface area contributed by atoms with Gasteiger partial charge in [-0.1, -0.05) is 12.8 Å². The van der Waals surface area contributed by atoms with Gasteiger partial charge in [-0.25, -0.2) is 0 Å². The third-order valence-corrected chi connectivity index (χ3v) is 2.55. The van der Waals surface area contributed by atoms with Crippen LogP contribution in [0.5, 0.6) is 0 Å². The summed E-state index contributed by atoms with van der Waals surface area (Å²) >= 11 is 0. The molecule has 0 amide bonds. The summed E-state index contributed by atoms with van der Waals surface area (Å²) in [6.07, 6.45) is 5.00. The zero-order valence-corrected chi connectivity index (χ0v) is 8.01. The lowest BCUT2D eigenvalue weighted by molar-refractivity contribution is 0.259. The maximum absolute atomic E-state index is 7.45. The largest absolute Gasteiger partial charge is 0.370 e. The SMILES string of the molecule is CC(C)N(C(=N)N)C1CCCC1. The molecule has 3 heteroatoms. The first kappa shape index (κ1) is 9.36. The fourth-order valence-corrected chi connectivity index (χ4v) is 2.08. The molecule has 1 aliphatic carbocycles. The first-order valence-electron chi connectivity index (χ1n) is 4.75. The molecule has 1 aliphatic rings. The summed E-state index contributed by atoms with van der Waals surface area (Å²) in [6, 6.07) is 0.896. The Hall–Kier alpha value is -0.730. The molecule has 1 fully saturated rings. The van der Waals surface area contributed by atoms with E-state index in [9.17, 15) is 0 Å². The molecule has 70 valence electrons. The molecule has 0 bridgehead atoms. The topological polar surface area (TPSA) is 53.1 Å². The molecule has 3 nitrogen and oxygen atoms in total. The van der Waals surface area contributed by atoms with Crippen LogP contribution in [0.25, 0.3) is 0 Å². The highest BCUT2D eigenvalue weighted by Crippen LogP contribution is 2.24. The molecule has 1 saturated carbocycles. The van der Waals surface area contributed by atoms with Gasteiger partial charge in [-0.15, -0.1) is 0 Å². The van der Waals surface area contributed by atoms with Crippen LogP contribution in [-0.2, 0) is 0 Å². The van der Waals surface area contributed by atoms with Crippen molar-refractivity contribution in [3.63, 3.8) is 0 Å². The lowest BCUT2D eigenvalue weighted by atomic mass is 10.2. The molecule has 0 aromatic carbocycles. The van der Waals surface area contributed by atoms with E-state index in [1.54, 1.807) is 0 Å². The van der Waals surface area contributed by atoms with Crippen LogP contribution in [0.15, 0.2) is 0 Å². The Morgan fingerprint density at radius 1 is 1.42 bits per heavy atom. The predicted molar refractivity (Wildman–Crippen MR) is 51.1 cm³/mol. The highest BCUT2D eigenvalue weighted by molar-refractivity contribution is 5.75. The molecular formula is C9H19N3. The molecule has 0 atom stereocenters. The fraction of sp³-hybridized carbons (Fsp3) is 0.889. The van der Waals surface area contributed by atoms with Crippen molar-refractivity contribution in [3.8, 4) is 0 Å². The zero-order valence-electron chi connectivity index (χ0n) is 8.01. The second kappa shape index (κ2) is 3.78. The molecule has 1 rings (SSSR count). The molecule has 0 aromatic heterocycles. The van der Waals surface area contributed by atoms with Crippen molar-refractivity contribution >= 4 is 5.96 Å². The average molecular weight is 169 g/mol. The van der Waals surface area contributed by atoms with Crippen molar-refractivity contribution in [2.75, 3.05) is 0 Å². The monoisotopic (exact) mass is 169 g/mol. The van der Waals surface area contributed by atoms with E-state index in [2.05, 4.69) is 13.8 Å². The number of rotatable bonds is 2. The number of nitrogens with two attached hydrogens (primary N) is 1. The number of guanidine groups is 1. The third kappa shape index (κ3) is 1.90. The highest BCUT2D eigenvalue weighted by atomic mass is 15.3. The van der Waals surface area contributed by atoms with Crippen LogP contribution in [-0.4, -0.2) is 22.9 Å². The number of nitrogens with one attached hydrogen (secondary N) is 1. The minimum absolute atomic E-state index is 0.233. The summed E-state index contributed by atoms with van der Waals surface area (Å²) in [4.78, 5) is 2.03. The van der Waals surface area contributed by atoms with E-state index >= 15 is 0 Å². The minimum Gasteiger partial charge on any atom is -0.370 e. The van der Waals surface area contributed by atoms with E-state index in [0.29, 0.717) is 12.1 Å². The number of hydrogen-bond donors (Lipinski definition) is 2. The van der Waals surface area contributed by atoms with Crippen LogP contribution in [0, 0.1) is 5.41 Å². The van der Waals surface area contributed by atoms with Gasteiger partial charge in [-0.05, 0) is 26.7 Å². The Morgan fingerprint density at radius 3 is 2.25 bits per heavy atom. The Bertz CT molecular complexity index is 159. The molecule has 0 radical (unpaired) electrons. The van der Waals surface area contributed by atoms with Gasteiger partial charge in [0.15, 0.2) is 5.96 Å². The Kier molecular flexibility index (Phi) is 2.95. The van der Waals surface area contributed by atoms with E-state index < -0.39 is 0 Å². The van der Waals surface area contributed by atoms with Gasteiger partial charge < -0.3 is 10.6 Å². The first-order chi connectivity index (χ1) is 5.63. The Morgan fingerprint density at radius 2 is 1.92 bits per heavy atom. The standard InChI is InChI=1S/C9H19N3/c1-7(2)12(9(10)11)8-5-3-4-6-8/h7-8H,3-6H2,1-2H3,(H3,10,11). The van der Waals surface area contributed by atoms with Crippen LogP contribution in [0.4, 0.5) is 0 Å². The van der Waals surface area contributed by atoms with Crippen molar-refractivity contribution in [3.05, 3.63) is 0 Å². The normalized spacial score (nSPS) is 18.6. The van der Waals surface area contributed by atoms with Crippen molar-refractivity contribution in [1.82, 2.24) is 4.90 Å². The van der Waals surface area contributed by atoms with Gasteiger partial charge in [-0.2, -0.15) is 0 Å². The Labute approximate surface area is 74.4 Å². The van der Waals surface area contributed by atoms with E-state index in [4.69, 9.17) is 11.1 Å². The van der Waals surface area contributed by atoms with E-state index in [1.807, 2.05) is 4.90 Å². The second-order valence-electron chi connectivity index (χ2n) is 3.82. The number of nitrogens with zero attached hydrogens (tertiary/aromatic N) is 1. The van der Waals surface area contributed by atoms with Crippen molar-refractivity contribution in [2.45, 2.75) is 51.6 Å². The average Bonchev–Trinajstić information content (AvgIpc) is 2.37. The van der Waals surface area contributed by atoms with Crippen LogP contribution < -0.4 is 5.73 Å². The number of hydrogen-bond acceptors (Lipinski definition) is 1. The van der Waals surface area contributed by atoms with Gasteiger partial charge in [0.2, 0.25) is 0 Å². The van der Waals surface area contributed by atoms with E-state index in [-0.39, 0.29) is 5.96 Å². The van der Waals surface area contributed by atoms with Crippen LogP contribution >= 0.6 is 0 Å². The fourth-order valence-electron chi connectivity index (χ4n) is 2.08. The molecule has 0 saturated heterocycles. The second-order valence-corrected chi connectivity index (χ2v) is 3.82. The molecule has 0 aromatic rings. The van der Waals surface area contributed by atoms with Crippen LogP contribution in [0.2, 0.25) is 0 Å². The van der Waals surface area contributed by atoms with Crippen molar-refractivity contribution < 1.29 is 0 Å². The van der Waals surface area contributed by atoms with Gasteiger partial charge >= 0.3 is 0 Å². The molecule has 3 N–H and O–H groups in total. The maximum atomic E-state index is 7.45. The van der Waals surface area contributed by atoms with Gasteiger partial charge in [0.25, 0.3) is 0 Å². The lowest BCUT2D eigenvalue weighted by Gasteiger charge is -2.32. The third-order valence-electron chi connectivity index (χ3n) is 2.55. The van der Waals surface area contributed by atoms with E-state index in [1.165, 1.54) is 25.7 Å². The van der Waals surface area contributed by atoms with Gasteiger partial charge in [-0.3, -0.25) is 5.41 Å². The maximum Gasteiger partial charge on any atom is 0.188 e. The molecule has 0 unspecified atom stereocenters. The molecule has 0 spiro atoms. The molecule has 12 heavy (non-hydrogen) atoms. The highest BCUT2D eigenvalue weighted by Gasteiger charge is 2.25. The minimum atomic E-state index is 0.233. The lowest BCUT2D eigenvalue weighted by Crippen LogP contribution is -2.47.